The number of fused-ring (bicyclic) bond motifs is 8. The van der Waals surface area contributed by atoms with E-state index in [4.69, 9.17) is 14.5 Å². The third-order valence-electron chi connectivity index (χ3n) is 7.73. The molecule has 1 aromatic heterocycles. The molecule has 4 heterocycles. The molecule has 3 aliphatic heterocycles. The Morgan fingerprint density at radius 1 is 0.857 bits per heavy atom. The van der Waals surface area contributed by atoms with Gasteiger partial charge in [-0.2, -0.15) is 0 Å². The van der Waals surface area contributed by atoms with Crippen molar-refractivity contribution >= 4 is 5.97 Å². The lowest BCUT2D eigenvalue weighted by Crippen LogP contribution is -2.44. The molecule has 0 spiro atoms. The lowest BCUT2D eigenvalue weighted by atomic mass is 9.70. The van der Waals surface area contributed by atoms with E-state index >= 15 is 0 Å². The van der Waals surface area contributed by atoms with Crippen LogP contribution in [0.2, 0.25) is 0 Å². The summed E-state index contributed by atoms with van der Waals surface area (Å²) >= 11 is 0. The van der Waals surface area contributed by atoms with Gasteiger partial charge in [-0.1, -0.05) is 91.0 Å². The topological polar surface area (TPSA) is 51.4 Å². The molecule has 0 aliphatic carbocycles. The number of carbonyl (C=O) groups is 1. The number of esters is 1. The summed E-state index contributed by atoms with van der Waals surface area (Å²) in [6, 6.07) is 34.1. The Kier molecular flexibility index (Phi) is 4.17. The maximum Gasteiger partial charge on any atom is 0.326 e. The van der Waals surface area contributed by atoms with Crippen molar-refractivity contribution in [3.63, 3.8) is 0 Å². The minimum atomic E-state index is -0.956. The Labute approximate surface area is 204 Å². The van der Waals surface area contributed by atoms with E-state index in [2.05, 4.69) is 41.3 Å². The van der Waals surface area contributed by atoms with Crippen molar-refractivity contribution in [3.05, 3.63) is 137 Å². The molecule has 2 fully saturated rings. The molecule has 2 bridgehead atoms. The van der Waals surface area contributed by atoms with Crippen LogP contribution < -0.4 is 0 Å². The van der Waals surface area contributed by atoms with Crippen LogP contribution in [0.15, 0.2) is 109 Å². The summed E-state index contributed by atoms with van der Waals surface area (Å²) in [7, 11) is 0. The van der Waals surface area contributed by atoms with Gasteiger partial charge in [-0.15, -0.1) is 0 Å². The lowest BCUT2D eigenvalue weighted by Gasteiger charge is -2.36. The summed E-state index contributed by atoms with van der Waals surface area (Å²) in [6.07, 6.45) is 1.79. The first-order valence-electron chi connectivity index (χ1n) is 12.0. The van der Waals surface area contributed by atoms with Gasteiger partial charge >= 0.3 is 5.97 Å². The second kappa shape index (κ2) is 7.11. The fourth-order valence-electron chi connectivity index (χ4n) is 6.62. The second-order valence-corrected chi connectivity index (χ2v) is 9.21. The van der Waals surface area contributed by atoms with E-state index in [-0.39, 0.29) is 5.97 Å². The van der Waals surface area contributed by atoms with Gasteiger partial charge in [-0.25, -0.2) is 4.90 Å². The van der Waals surface area contributed by atoms with Crippen LogP contribution in [0.1, 0.15) is 34.9 Å². The molecule has 1 unspecified atom stereocenters. The van der Waals surface area contributed by atoms with Crippen LogP contribution in [0, 0.1) is 0 Å². The largest absolute Gasteiger partial charge is 0.465 e. The molecule has 0 saturated carbocycles. The molecular formula is C30H24N2O3. The third-order valence-corrected chi connectivity index (χ3v) is 7.73. The predicted molar refractivity (Wildman–Crippen MR) is 130 cm³/mol. The van der Waals surface area contributed by atoms with Crippen LogP contribution in [0.4, 0.5) is 0 Å². The SMILES string of the molecule is CCOC(=O)[C@H]1N2[C@]3(c4ccccc4)O[C@@](c4ccccc4)(c4ccccc43)[C@]12c1ccccn1. The summed E-state index contributed by atoms with van der Waals surface area (Å²) < 4.78 is 13.0. The van der Waals surface area contributed by atoms with E-state index in [9.17, 15) is 4.79 Å². The van der Waals surface area contributed by atoms with Gasteiger partial charge < -0.3 is 9.47 Å². The fraction of sp³-hybridized carbons (Fsp3) is 0.200. The Balaban J connectivity index is 1.63. The van der Waals surface area contributed by atoms with Crippen LogP contribution in [-0.2, 0) is 31.1 Å². The van der Waals surface area contributed by atoms with Crippen LogP contribution in [0.25, 0.3) is 0 Å². The van der Waals surface area contributed by atoms with Gasteiger partial charge in [0.25, 0.3) is 0 Å². The molecule has 0 amide bonds. The molecule has 3 aromatic carbocycles. The first-order chi connectivity index (χ1) is 17.2. The lowest BCUT2D eigenvalue weighted by molar-refractivity contribution is -0.152. The molecule has 3 aliphatic rings. The molecule has 35 heavy (non-hydrogen) atoms. The van der Waals surface area contributed by atoms with Crippen LogP contribution >= 0.6 is 0 Å². The molecule has 5 heteroatoms. The van der Waals surface area contributed by atoms with Crippen molar-refractivity contribution in [2.24, 2.45) is 0 Å². The zero-order valence-electron chi connectivity index (χ0n) is 19.3. The molecule has 0 radical (unpaired) electrons. The molecule has 0 N–H and O–H groups in total. The first kappa shape index (κ1) is 20.6. The van der Waals surface area contributed by atoms with Crippen molar-refractivity contribution < 1.29 is 14.3 Å². The standard InChI is InChI=1S/C30H24N2O3/c1-2-34-27(33)26-28(25-19-11-12-20-31-25)29(21-13-5-3-6-14-21)23-17-9-10-18-24(23)30(35-29,32(26)28)22-15-7-4-8-16-22/h3-20,26H,2H2,1H3/t26-,28+,29+,30-,32?/m1/s1. The van der Waals surface area contributed by atoms with Gasteiger partial charge in [-0.05, 0) is 30.2 Å². The van der Waals surface area contributed by atoms with E-state index in [1.807, 2.05) is 73.7 Å². The highest BCUT2D eigenvalue weighted by molar-refractivity contribution is 5.87. The number of carbonyl (C=O) groups excluding carboxylic acids is 1. The van der Waals surface area contributed by atoms with Crippen molar-refractivity contribution in [1.29, 1.82) is 0 Å². The van der Waals surface area contributed by atoms with Crippen LogP contribution in [0.5, 0.6) is 0 Å². The van der Waals surface area contributed by atoms with E-state index < -0.39 is 22.9 Å². The zero-order valence-corrected chi connectivity index (χ0v) is 19.3. The Morgan fingerprint density at radius 3 is 2.14 bits per heavy atom. The van der Waals surface area contributed by atoms with E-state index in [1.54, 1.807) is 6.20 Å². The van der Waals surface area contributed by atoms with Gasteiger partial charge in [0.15, 0.2) is 5.72 Å². The Morgan fingerprint density at radius 2 is 1.49 bits per heavy atom. The normalized spacial score (nSPS) is 31.5. The van der Waals surface area contributed by atoms with Gasteiger partial charge in [0, 0.05) is 17.3 Å². The Bertz CT molecular complexity index is 1430. The number of benzene rings is 3. The summed E-state index contributed by atoms with van der Waals surface area (Å²) in [5, 5.41) is 0. The highest BCUT2D eigenvalue weighted by Crippen LogP contribution is 2.80. The minimum absolute atomic E-state index is 0.255. The number of aromatic nitrogens is 1. The molecule has 2 saturated heterocycles. The van der Waals surface area contributed by atoms with Gasteiger partial charge in [0.1, 0.15) is 17.2 Å². The zero-order chi connectivity index (χ0) is 23.7. The molecule has 5 nitrogen and oxygen atoms in total. The van der Waals surface area contributed by atoms with E-state index in [1.165, 1.54) is 0 Å². The summed E-state index contributed by atoms with van der Waals surface area (Å²) in [6.45, 7) is 2.16. The van der Waals surface area contributed by atoms with Gasteiger partial charge in [0.2, 0.25) is 0 Å². The highest BCUT2D eigenvalue weighted by atomic mass is 16.6. The maximum absolute atomic E-state index is 13.7. The molecular weight excluding hydrogens is 436 g/mol. The monoisotopic (exact) mass is 460 g/mol. The molecule has 4 aromatic rings. The van der Waals surface area contributed by atoms with Gasteiger partial charge in [0.05, 0.1) is 12.3 Å². The summed E-state index contributed by atoms with van der Waals surface area (Å²) in [5.41, 5.74) is 2.12. The smallest absolute Gasteiger partial charge is 0.326 e. The van der Waals surface area contributed by atoms with Crippen molar-refractivity contribution in [1.82, 2.24) is 9.88 Å². The van der Waals surface area contributed by atoms with E-state index in [0.29, 0.717) is 6.61 Å². The fourth-order valence-corrected chi connectivity index (χ4v) is 6.62. The van der Waals surface area contributed by atoms with Crippen molar-refractivity contribution in [2.75, 3.05) is 6.61 Å². The minimum Gasteiger partial charge on any atom is -0.465 e. The highest BCUT2D eigenvalue weighted by Gasteiger charge is 2.93. The quantitative estimate of drug-likeness (QED) is 0.319. The summed E-state index contributed by atoms with van der Waals surface area (Å²) in [4.78, 5) is 20.7. The van der Waals surface area contributed by atoms with Gasteiger partial charge in [-0.3, -0.25) is 9.78 Å². The number of rotatable bonds is 5. The molecule has 5 atom stereocenters. The average Bonchev–Trinajstić information content (AvgIpc) is 3.46. The Hall–Kier alpha value is -3.80. The maximum atomic E-state index is 13.7. The second-order valence-electron chi connectivity index (χ2n) is 9.21. The van der Waals surface area contributed by atoms with E-state index in [0.717, 1.165) is 27.9 Å². The number of ether oxygens (including phenoxy) is 2. The van der Waals surface area contributed by atoms with Crippen LogP contribution in [-0.4, -0.2) is 28.5 Å². The van der Waals surface area contributed by atoms with Crippen molar-refractivity contribution in [3.8, 4) is 0 Å². The average molecular weight is 461 g/mol. The number of hydrogen-bond acceptors (Lipinski definition) is 5. The van der Waals surface area contributed by atoms with Crippen LogP contribution in [0.3, 0.4) is 0 Å². The number of pyridine rings is 1. The first-order valence-corrected chi connectivity index (χ1v) is 12.0. The van der Waals surface area contributed by atoms with Crippen molar-refractivity contribution in [2.45, 2.75) is 29.8 Å². The number of hydrogen-bond donors (Lipinski definition) is 0. The summed E-state index contributed by atoms with van der Waals surface area (Å²) in [5.74, 6) is -0.255. The number of nitrogens with zero attached hydrogens (tertiary/aromatic N) is 2. The third kappa shape index (κ3) is 2.25. The molecule has 7 rings (SSSR count). The molecule has 172 valence electrons. The predicted octanol–water partition coefficient (Wildman–Crippen LogP) is 4.71.